The summed E-state index contributed by atoms with van der Waals surface area (Å²) in [6.45, 7) is 0.528. The largest absolute Gasteiger partial charge is 0.341 e. The van der Waals surface area contributed by atoms with Gasteiger partial charge in [-0.05, 0) is 37.0 Å². The Morgan fingerprint density at radius 2 is 2.09 bits per heavy atom. The van der Waals surface area contributed by atoms with Crippen LogP contribution in [0.5, 0.6) is 0 Å². The molecule has 2 aromatic rings. The van der Waals surface area contributed by atoms with E-state index in [-0.39, 0.29) is 24.7 Å². The quantitative estimate of drug-likeness (QED) is 0.868. The summed E-state index contributed by atoms with van der Waals surface area (Å²) in [4.78, 5) is 14.2. The van der Waals surface area contributed by atoms with E-state index >= 15 is 0 Å². The second-order valence-corrected chi connectivity index (χ2v) is 6.56. The van der Waals surface area contributed by atoms with Gasteiger partial charge in [-0.3, -0.25) is 9.48 Å². The highest BCUT2D eigenvalue weighted by atomic mass is 19.3. The van der Waals surface area contributed by atoms with Crippen LogP contribution in [0.15, 0.2) is 24.4 Å². The zero-order chi connectivity index (χ0) is 16.6. The van der Waals surface area contributed by atoms with Crippen molar-refractivity contribution in [3.8, 4) is 0 Å². The summed E-state index contributed by atoms with van der Waals surface area (Å²) >= 11 is 0. The average Bonchev–Trinajstić information content (AvgIpc) is 2.87. The molecular formula is C17H21F2N3O. The minimum Gasteiger partial charge on any atom is -0.341 e. The molecule has 1 aliphatic carbocycles. The van der Waals surface area contributed by atoms with Gasteiger partial charge in [0.2, 0.25) is 5.92 Å². The summed E-state index contributed by atoms with van der Waals surface area (Å²) in [7, 11) is 3.58. The van der Waals surface area contributed by atoms with E-state index in [1.54, 1.807) is 22.7 Å². The highest BCUT2D eigenvalue weighted by Gasteiger charge is 2.35. The van der Waals surface area contributed by atoms with Crippen LogP contribution in [-0.4, -0.2) is 40.1 Å². The minimum atomic E-state index is -2.52. The van der Waals surface area contributed by atoms with Crippen LogP contribution in [0.4, 0.5) is 8.78 Å². The molecule has 0 N–H and O–H groups in total. The van der Waals surface area contributed by atoms with E-state index in [0.717, 1.165) is 10.9 Å². The Morgan fingerprint density at radius 1 is 1.39 bits per heavy atom. The molecule has 4 nitrogen and oxygen atoms in total. The number of aryl methyl sites for hydroxylation is 1. The molecule has 0 radical (unpaired) electrons. The molecule has 1 fully saturated rings. The van der Waals surface area contributed by atoms with Gasteiger partial charge in [0.25, 0.3) is 5.91 Å². The van der Waals surface area contributed by atoms with Crippen molar-refractivity contribution >= 4 is 16.8 Å². The minimum absolute atomic E-state index is 0.0681. The molecule has 0 aliphatic heterocycles. The van der Waals surface area contributed by atoms with Crippen molar-refractivity contribution in [3.63, 3.8) is 0 Å². The average molecular weight is 321 g/mol. The number of carbonyl (C=O) groups excluding carboxylic acids is 1. The predicted molar refractivity (Wildman–Crippen MR) is 84.6 cm³/mol. The van der Waals surface area contributed by atoms with Crippen molar-refractivity contribution in [2.45, 2.75) is 31.6 Å². The van der Waals surface area contributed by atoms with Gasteiger partial charge < -0.3 is 4.90 Å². The van der Waals surface area contributed by atoms with Crippen molar-refractivity contribution in [1.29, 1.82) is 0 Å². The number of alkyl halides is 2. The second kappa shape index (κ2) is 5.91. The molecule has 1 aromatic carbocycles. The molecule has 6 heteroatoms. The number of hydrogen-bond donors (Lipinski definition) is 0. The molecule has 0 spiro atoms. The first kappa shape index (κ1) is 15.9. The fraction of sp³-hybridized carbons (Fsp3) is 0.529. The third-order valence-electron chi connectivity index (χ3n) is 4.58. The van der Waals surface area contributed by atoms with Crippen LogP contribution in [-0.2, 0) is 7.05 Å². The first-order valence-corrected chi connectivity index (χ1v) is 7.91. The Bertz CT molecular complexity index is 716. The van der Waals surface area contributed by atoms with Gasteiger partial charge in [0, 0.05) is 50.6 Å². The topological polar surface area (TPSA) is 38.1 Å². The first-order valence-electron chi connectivity index (χ1n) is 7.91. The number of rotatable bonds is 3. The van der Waals surface area contributed by atoms with Gasteiger partial charge in [0.05, 0.1) is 5.52 Å². The molecule has 1 aliphatic rings. The maximum absolute atomic E-state index is 13.2. The van der Waals surface area contributed by atoms with Crippen LogP contribution >= 0.6 is 0 Å². The summed E-state index contributed by atoms with van der Waals surface area (Å²) in [5.41, 5.74) is 1.45. The number of amides is 1. The van der Waals surface area contributed by atoms with Crippen molar-refractivity contribution in [1.82, 2.24) is 14.7 Å². The second-order valence-electron chi connectivity index (χ2n) is 6.56. The molecule has 1 saturated carbocycles. The maximum atomic E-state index is 13.2. The van der Waals surface area contributed by atoms with Crippen LogP contribution in [0.2, 0.25) is 0 Å². The lowest BCUT2D eigenvalue weighted by Crippen LogP contribution is -2.35. The van der Waals surface area contributed by atoms with Gasteiger partial charge >= 0.3 is 0 Å². The Balaban J connectivity index is 1.66. The summed E-state index contributed by atoms with van der Waals surface area (Å²) in [6, 6.07) is 5.43. The molecule has 1 amide bonds. The Kier molecular flexibility index (Phi) is 4.08. The molecule has 124 valence electrons. The van der Waals surface area contributed by atoms with Crippen LogP contribution in [0.3, 0.4) is 0 Å². The molecule has 1 heterocycles. The van der Waals surface area contributed by atoms with Gasteiger partial charge in [-0.2, -0.15) is 5.10 Å². The van der Waals surface area contributed by atoms with Crippen LogP contribution in [0.25, 0.3) is 10.9 Å². The lowest BCUT2D eigenvalue weighted by Gasteiger charge is -2.31. The molecule has 23 heavy (non-hydrogen) atoms. The number of carbonyl (C=O) groups is 1. The zero-order valence-electron chi connectivity index (χ0n) is 13.4. The SMILES string of the molecule is CN(CC1CCC(F)(F)CC1)C(=O)c1ccc2nn(C)cc2c1. The Morgan fingerprint density at radius 3 is 2.78 bits per heavy atom. The zero-order valence-corrected chi connectivity index (χ0v) is 13.4. The molecule has 0 atom stereocenters. The summed E-state index contributed by atoms with van der Waals surface area (Å²) < 4.78 is 28.1. The molecule has 0 saturated heterocycles. The lowest BCUT2D eigenvalue weighted by molar-refractivity contribution is -0.0475. The van der Waals surface area contributed by atoms with E-state index in [1.807, 2.05) is 25.4 Å². The van der Waals surface area contributed by atoms with Gasteiger partial charge in [0.1, 0.15) is 0 Å². The highest BCUT2D eigenvalue weighted by molar-refractivity contribution is 5.97. The molecule has 1 aromatic heterocycles. The first-order chi connectivity index (χ1) is 10.8. The number of nitrogens with zero attached hydrogens (tertiary/aromatic N) is 3. The van der Waals surface area contributed by atoms with E-state index in [9.17, 15) is 13.6 Å². The molecule has 0 bridgehead atoms. The summed E-state index contributed by atoms with van der Waals surface area (Å²) in [5, 5.41) is 5.21. The van der Waals surface area contributed by atoms with Crippen LogP contribution < -0.4 is 0 Å². The Labute approximate surface area is 134 Å². The monoisotopic (exact) mass is 321 g/mol. The van der Waals surface area contributed by atoms with Crippen LogP contribution in [0, 0.1) is 5.92 Å². The normalized spacial score (nSPS) is 18.3. The predicted octanol–water partition coefficient (Wildman–Crippen LogP) is 3.47. The molecule has 3 rings (SSSR count). The van der Waals surface area contributed by atoms with Crippen molar-refractivity contribution in [2.24, 2.45) is 13.0 Å². The van der Waals surface area contributed by atoms with Gasteiger partial charge in [-0.15, -0.1) is 0 Å². The fourth-order valence-corrected chi connectivity index (χ4v) is 3.26. The maximum Gasteiger partial charge on any atom is 0.253 e. The fourth-order valence-electron chi connectivity index (χ4n) is 3.26. The standard InChI is InChI=1S/C17H21F2N3O/c1-21(10-12-5-7-17(18,19)8-6-12)16(23)13-3-4-15-14(9-13)11-22(2)20-15/h3-4,9,11-12H,5-8,10H2,1-2H3. The van der Waals surface area contributed by atoms with Gasteiger partial charge in [-0.25, -0.2) is 8.78 Å². The van der Waals surface area contributed by atoms with E-state index in [0.29, 0.717) is 24.9 Å². The summed E-state index contributed by atoms with van der Waals surface area (Å²) in [6.07, 6.45) is 2.69. The van der Waals surface area contributed by atoms with Crippen molar-refractivity contribution < 1.29 is 13.6 Å². The number of aromatic nitrogens is 2. The van der Waals surface area contributed by atoms with E-state index < -0.39 is 5.92 Å². The third kappa shape index (κ3) is 3.51. The lowest BCUT2D eigenvalue weighted by atomic mass is 9.86. The number of halogens is 2. The molecular weight excluding hydrogens is 300 g/mol. The number of hydrogen-bond acceptors (Lipinski definition) is 2. The highest BCUT2D eigenvalue weighted by Crippen LogP contribution is 2.36. The summed E-state index contributed by atoms with van der Waals surface area (Å²) in [5.74, 6) is -2.44. The Hall–Kier alpha value is -1.98. The van der Waals surface area contributed by atoms with E-state index in [4.69, 9.17) is 0 Å². The van der Waals surface area contributed by atoms with E-state index in [2.05, 4.69) is 5.10 Å². The van der Waals surface area contributed by atoms with Gasteiger partial charge in [0.15, 0.2) is 0 Å². The van der Waals surface area contributed by atoms with Crippen molar-refractivity contribution in [3.05, 3.63) is 30.0 Å². The van der Waals surface area contributed by atoms with Crippen LogP contribution in [0.1, 0.15) is 36.0 Å². The number of benzene rings is 1. The van der Waals surface area contributed by atoms with Crippen molar-refractivity contribution in [2.75, 3.05) is 13.6 Å². The number of fused-ring (bicyclic) bond motifs is 1. The van der Waals surface area contributed by atoms with Gasteiger partial charge in [-0.1, -0.05) is 0 Å². The smallest absolute Gasteiger partial charge is 0.253 e. The third-order valence-corrected chi connectivity index (χ3v) is 4.58. The molecule has 0 unspecified atom stereocenters. The van der Waals surface area contributed by atoms with E-state index in [1.165, 1.54) is 0 Å².